The molecular weight excluding hydrogens is 278 g/mol. The predicted octanol–water partition coefficient (Wildman–Crippen LogP) is 4.21. The van der Waals surface area contributed by atoms with Crippen LogP contribution in [0.4, 0.5) is 0 Å². The summed E-state index contributed by atoms with van der Waals surface area (Å²) in [5, 5.41) is 13.8. The number of nitrogens with one attached hydrogen (secondary N) is 1. The first-order chi connectivity index (χ1) is 10.2. The van der Waals surface area contributed by atoms with Crippen LogP contribution in [0.25, 0.3) is 0 Å². The first kappa shape index (κ1) is 15.9. The maximum atomic E-state index is 9.47. The summed E-state index contributed by atoms with van der Waals surface area (Å²) in [6.45, 7) is 3.23. The molecule has 0 amide bonds. The fourth-order valence-corrected chi connectivity index (χ4v) is 2.64. The van der Waals surface area contributed by atoms with E-state index in [2.05, 4.69) is 42.8 Å². The lowest BCUT2D eigenvalue weighted by atomic mass is 9.98. The zero-order valence-electron chi connectivity index (χ0n) is 12.6. The third-order valence-electron chi connectivity index (χ3n) is 3.66. The minimum atomic E-state index is 0.167. The second-order valence-electron chi connectivity index (χ2n) is 5.22. The van der Waals surface area contributed by atoms with E-state index >= 15 is 0 Å². The van der Waals surface area contributed by atoms with Crippen LogP contribution in [0.15, 0.2) is 54.6 Å². The fraction of sp³-hybridized carbons (Fsp3) is 0.333. The molecule has 112 valence electrons. The van der Waals surface area contributed by atoms with Crippen molar-refractivity contribution in [2.24, 2.45) is 0 Å². The van der Waals surface area contributed by atoms with Crippen LogP contribution in [0.1, 0.15) is 30.5 Å². The van der Waals surface area contributed by atoms with Crippen molar-refractivity contribution >= 4 is 11.8 Å². The first-order valence-electron chi connectivity index (χ1n) is 7.30. The van der Waals surface area contributed by atoms with Crippen molar-refractivity contribution in [2.75, 3.05) is 12.8 Å². The number of hydrogen-bond donors (Lipinski definition) is 2. The van der Waals surface area contributed by atoms with E-state index in [1.807, 2.05) is 30.0 Å². The number of rotatable bonds is 7. The molecule has 0 aliphatic rings. The molecule has 0 spiro atoms. The second-order valence-corrected chi connectivity index (χ2v) is 6.50. The van der Waals surface area contributed by atoms with Gasteiger partial charge in [-0.25, -0.2) is 0 Å². The van der Waals surface area contributed by atoms with E-state index in [1.54, 1.807) is 12.1 Å². The van der Waals surface area contributed by atoms with E-state index < -0.39 is 0 Å². The standard InChI is InChI=1S/C18H23NOS/c1-14(21-2)12-13-19-18(15-6-4-3-5-7-15)16-8-10-17(20)11-9-16/h3-11,14,18-20H,12-13H2,1-2H3. The van der Waals surface area contributed by atoms with E-state index in [0.717, 1.165) is 13.0 Å². The monoisotopic (exact) mass is 301 g/mol. The summed E-state index contributed by atoms with van der Waals surface area (Å²) in [5.41, 5.74) is 2.43. The van der Waals surface area contributed by atoms with Gasteiger partial charge in [0, 0.05) is 5.25 Å². The summed E-state index contributed by atoms with van der Waals surface area (Å²) in [6, 6.07) is 18.1. The van der Waals surface area contributed by atoms with Gasteiger partial charge in [0.1, 0.15) is 5.75 Å². The Kier molecular flexibility index (Phi) is 6.15. The van der Waals surface area contributed by atoms with Gasteiger partial charge in [0.25, 0.3) is 0 Å². The van der Waals surface area contributed by atoms with Gasteiger partial charge in [0.05, 0.1) is 6.04 Å². The summed E-state index contributed by atoms with van der Waals surface area (Å²) in [6.07, 6.45) is 3.29. The van der Waals surface area contributed by atoms with Gasteiger partial charge in [-0.3, -0.25) is 0 Å². The third-order valence-corrected chi connectivity index (χ3v) is 4.70. The third kappa shape index (κ3) is 4.80. The van der Waals surface area contributed by atoms with Gasteiger partial charge in [-0.15, -0.1) is 0 Å². The lowest BCUT2D eigenvalue weighted by Crippen LogP contribution is -2.25. The Morgan fingerprint density at radius 3 is 2.24 bits per heavy atom. The van der Waals surface area contributed by atoms with E-state index in [9.17, 15) is 5.11 Å². The quantitative estimate of drug-likeness (QED) is 0.803. The number of phenolic OH excluding ortho intramolecular Hbond substituents is 1. The largest absolute Gasteiger partial charge is 0.508 e. The predicted molar refractivity (Wildman–Crippen MR) is 92.0 cm³/mol. The SMILES string of the molecule is CSC(C)CCNC(c1ccccc1)c1ccc(O)cc1. The Bertz CT molecular complexity index is 527. The maximum Gasteiger partial charge on any atom is 0.115 e. The molecule has 2 N–H and O–H groups in total. The highest BCUT2D eigenvalue weighted by Gasteiger charge is 2.13. The summed E-state index contributed by atoms with van der Waals surface area (Å²) >= 11 is 1.90. The van der Waals surface area contributed by atoms with Crippen molar-refractivity contribution in [3.63, 3.8) is 0 Å². The van der Waals surface area contributed by atoms with Crippen LogP contribution >= 0.6 is 11.8 Å². The van der Waals surface area contributed by atoms with Crippen LogP contribution in [0, 0.1) is 0 Å². The van der Waals surface area contributed by atoms with Gasteiger partial charge in [-0.05, 0) is 42.5 Å². The van der Waals surface area contributed by atoms with Crippen LogP contribution in [-0.2, 0) is 0 Å². The van der Waals surface area contributed by atoms with Gasteiger partial charge in [0.15, 0.2) is 0 Å². The fourth-order valence-electron chi connectivity index (χ4n) is 2.29. The molecule has 0 heterocycles. The molecule has 0 aromatic heterocycles. The number of hydrogen-bond acceptors (Lipinski definition) is 3. The summed E-state index contributed by atoms with van der Waals surface area (Å²) in [5.74, 6) is 0.307. The molecule has 0 saturated carbocycles. The average molecular weight is 301 g/mol. The van der Waals surface area contributed by atoms with Crippen molar-refractivity contribution in [1.29, 1.82) is 0 Å². The molecule has 2 rings (SSSR count). The van der Waals surface area contributed by atoms with Crippen molar-refractivity contribution in [3.05, 3.63) is 65.7 Å². The Morgan fingerprint density at radius 2 is 1.62 bits per heavy atom. The molecule has 2 unspecified atom stereocenters. The van der Waals surface area contributed by atoms with E-state index in [1.165, 1.54) is 11.1 Å². The number of benzene rings is 2. The molecule has 2 aromatic rings. The zero-order chi connectivity index (χ0) is 15.1. The highest BCUT2D eigenvalue weighted by Crippen LogP contribution is 2.24. The van der Waals surface area contributed by atoms with Crippen LogP contribution in [0.3, 0.4) is 0 Å². The Hall–Kier alpha value is -1.45. The Balaban J connectivity index is 2.13. The molecule has 3 heteroatoms. The molecule has 2 nitrogen and oxygen atoms in total. The van der Waals surface area contributed by atoms with Gasteiger partial charge in [-0.1, -0.05) is 49.4 Å². The summed E-state index contributed by atoms with van der Waals surface area (Å²) in [4.78, 5) is 0. The van der Waals surface area contributed by atoms with E-state index in [4.69, 9.17) is 0 Å². The van der Waals surface area contributed by atoms with Crippen molar-refractivity contribution in [1.82, 2.24) is 5.32 Å². The number of thioether (sulfide) groups is 1. The number of phenols is 1. The van der Waals surface area contributed by atoms with Crippen LogP contribution in [0.5, 0.6) is 5.75 Å². The zero-order valence-corrected chi connectivity index (χ0v) is 13.4. The number of aromatic hydroxyl groups is 1. The minimum absolute atomic E-state index is 0.167. The van der Waals surface area contributed by atoms with Crippen molar-refractivity contribution in [2.45, 2.75) is 24.6 Å². The van der Waals surface area contributed by atoms with Gasteiger partial charge in [0.2, 0.25) is 0 Å². The normalized spacial score (nSPS) is 13.8. The second kappa shape index (κ2) is 8.11. The van der Waals surface area contributed by atoms with Gasteiger partial charge >= 0.3 is 0 Å². The lowest BCUT2D eigenvalue weighted by Gasteiger charge is -2.21. The molecule has 2 atom stereocenters. The van der Waals surface area contributed by atoms with Gasteiger partial charge < -0.3 is 10.4 Å². The maximum absolute atomic E-state index is 9.47. The van der Waals surface area contributed by atoms with Crippen molar-refractivity contribution < 1.29 is 5.11 Å². The van der Waals surface area contributed by atoms with Gasteiger partial charge in [-0.2, -0.15) is 11.8 Å². The van der Waals surface area contributed by atoms with E-state index in [-0.39, 0.29) is 6.04 Å². The highest BCUT2D eigenvalue weighted by molar-refractivity contribution is 7.99. The smallest absolute Gasteiger partial charge is 0.115 e. The van der Waals surface area contributed by atoms with Crippen LogP contribution < -0.4 is 5.32 Å². The molecule has 0 aliphatic carbocycles. The molecule has 0 saturated heterocycles. The minimum Gasteiger partial charge on any atom is -0.508 e. The molecule has 0 radical (unpaired) electrons. The summed E-state index contributed by atoms with van der Waals surface area (Å²) in [7, 11) is 0. The lowest BCUT2D eigenvalue weighted by molar-refractivity contribution is 0.474. The van der Waals surface area contributed by atoms with E-state index in [0.29, 0.717) is 11.0 Å². The topological polar surface area (TPSA) is 32.3 Å². The summed E-state index contributed by atoms with van der Waals surface area (Å²) < 4.78 is 0. The first-order valence-corrected chi connectivity index (χ1v) is 8.59. The average Bonchev–Trinajstić information content (AvgIpc) is 2.53. The van der Waals surface area contributed by atoms with Crippen molar-refractivity contribution in [3.8, 4) is 5.75 Å². The molecule has 0 fully saturated rings. The molecule has 0 bridgehead atoms. The Labute approximate surface area is 131 Å². The molecule has 21 heavy (non-hydrogen) atoms. The highest BCUT2D eigenvalue weighted by atomic mass is 32.2. The van der Waals surface area contributed by atoms with Crippen LogP contribution in [0.2, 0.25) is 0 Å². The molecule has 0 aliphatic heterocycles. The molecular formula is C18H23NOS. The molecule has 2 aromatic carbocycles. The Morgan fingerprint density at radius 1 is 1.00 bits per heavy atom. The van der Waals surface area contributed by atoms with Crippen LogP contribution in [-0.4, -0.2) is 23.2 Å².